The van der Waals surface area contributed by atoms with Crippen LogP contribution >= 0.6 is 15.9 Å². The molecule has 22 heavy (non-hydrogen) atoms. The SMILES string of the molecule is CCCCc1c(C)n(CCCC)c(=O)n1-c1ccc(Br)nc1. The standard InChI is InChI=1S/C17H24BrN3O/c1-4-6-8-15-13(3)20(11-7-5-2)17(22)21(15)14-9-10-16(18)19-12-14/h9-10,12H,4-8,11H2,1-3H3. The Labute approximate surface area is 140 Å². The maximum atomic E-state index is 12.9. The van der Waals surface area contributed by atoms with Gasteiger partial charge in [-0.3, -0.25) is 9.13 Å². The number of aromatic nitrogens is 3. The van der Waals surface area contributed by atoms with E-state index in [1.165, 1.54) is 0 Å². The van der Waals surface area contributed by atoms with Crippen molar-refractivity contribution in [3.63, 3.8) is 0 Å². The van der Waals surface area contributed by atoms with E-state index in [0.29, 0.717) is 0 Å². The topological polar surface area (TPSA) is 39.8 Å². The van der Waals surface area contributed by atoms with Crippen LogP contribution in [0.15, 0.2) is 27.7 Å². The van der Waals surface area contributed by atoms with E-state index in [1.807, 2.05) is 21.3 Å². The minimum Gasteiger partial charge on any atom is -0.296 e. The van der Waals surface area contributed by atoms with Gasteiger partial charge in [-0.05, 0) is 54.2 Å². The molecule has 2 aromatic heterocycles. The predicted octanol–water partition coefficient (Wildman–Crippen LogP) is 4.25. The quantitative estimate of drug-likeness (QED) is 0.688. The second-order valence-corrected chi connectivity index (χ2v) is 6.41. The van der Waals surface area contributed by atoms with Crippen LogP contribution in [-0.2, 0) is 13.0 Å². The van der Waals surface area contributed by atoms with Gasteiger partial charge in [0, 0.05) is 17.9 Å². The van der Waals surface area contributed by atoms with E-state index in [1.54, 1.807) is 6.20 Å². The largest absolute Gasteiger partial charge is 0.333 e. The monoisotopic (exact) mass is 365 g/mol. The van der Waals surface area contributed by atoms with Gasteiger partial charge < -0.3 is 0 Å². The molecule has 0 unspecified atom stereocenters. The van der Waals surface area contributed by atoms with Gasteiger partial charge in [0.1, 0.15) is 4.60 Å². The van der Waals surface area contributed by atoms with Gasteiger partial charge in [-0.1, -0.05) is 26.7 Å². The Bertz CT molecular complexity index is 670. The molecular weight excluding hydrogens is 342 g/mol. The zero-order valence-electron chi connectivity index (χ0n) is 13.6. The minimum atomic E-state index is 0.0566. The van der Waals surface area contributed by atoms with E-state index >= 15 is 0 Å². The van der Waals surface area contributed by atoms with Gasteiger partial charge in [0.2, 0.25) is 0 Å². The molecule has 0 aromatic carbocycles. The highest BCUT2D eigenvalue weighted by Gasteiger charge is 2.17. The van der Waals surface area contributed by atoms with Crippen molar-refractivity contribution >= 4 is 15.9 Å². The van der Waals surface area contributed by atoms with Crippen molar-refractivity contribution < 1.29 is 0 Å². The van der Waals surface area contributed by atoms with Crippen molar-refractivity contribution in [3.05, 3.63) is 44.8 Å². The second-order valence-electron chi connectivity index (χ2n) is 5.60. The molecule has 2 aromatic rings. The molecule has 0 N–H and O–H groups in total. The Morgan fingerprint density at radius 1 is 1.18 bits per heavy atom. The van der Waals surface area contributed by atoms with Gasteiger partial charge in [0.15, 0.2) is 0 Å². The van der Waals surface area contributed by atoms with E-state index in [4.69, 9.17) is 0 Å². The normalized spacial score (nSPS) is 11.1. The average Bonchev–Trinajstić information content (AvgIpc) is 2.75. The number of pyridine rings is 1. The third-order valence-electron chi connectivity index (χ3n) is 3.99. The van der Waals surface area contributed by atoms with Crippen molar-refractivity contribution in [2.75, 3.05) is 0 Å². The van der Waals surface area contributed by atoms with Crippen molar-refractivity contribution in [1.29, 1.82) is 0 Å². The summed E-state index contributed by atoms with van der Waals surface area (Å²) in [6, 6.07) is 3.82. The summed E-state index contributed by atoms with van der Waals surface area (Å²) in [6.07, 6.45) is 6.99. The van der Waals surface area contributed by atoms with Crippen LogP contribution in [0.3, 0.4) is 0 Å². The van der Waals surface area contributed by atoms with Crippen LogP contribution in [0.2, 0.25) is 0 Å². The molecule has 0 fully saturated rings. The lowest BCUT2D eigenvalue weighted by Gasteiger charge is -2.07. The van der Waals surface area contributed by atoms with Gasteiger partial charge in [-0.25, -0.2) is 9.78 Å². The molecule has 2 heterocycles. The first-order chi connectivity index (χ1) is 10.6. The van der Waals surface area contributed by atoms with Crippen LogP contribution in [0.1, 0.15) is 50.9 Å². The lowest BCUT2D eigenvalue weighted by Crippen LogP contribution is -2.24. The third-order valence-corrected chi connectivity index (χ3v) is 4.46. The van der Waals surface area contributed by atoms with Gasteiger partial charge >= 0.3 is 5.69 Å². The number of hydrogen-bond donors (Lipinski definition) is 0. The van der Waals surface area contributed by atoms with Crippen molar-refractivity contribution in [1.82, 2.24) is 14.1 Å². The van der Waals surface area contributed by atoms with E-state index in [0.717, 1.165) is 60.3 Å². The highest BCUT2D eigenvalue weighted by atomic mass is 79.9. The lowest BCUT2D eigenvalue weighted by molar-refractivity contribution is 0.597. The summed E-state index contributed by atoms with van der Waals surface area (Å²) in [6.45, 7) is 7.17. The number of imidazole rings is 1. The molecular formula is C17H24BrN3O. The van der Waals surface area contributed by atoms with Crippen LogP contribution < -0.4 is 5.69 Å². The first kappa shape index (κ1) is 17.0. The molecule has 0 spiro atoms. The molecule has 0 aliphatic rings. The van der Waals surface area contributed by atoms with Crippen molar-refractivity contribution in [2.24, 2.45) is 0 Å². The smallest absolute Gasteiger partial charge is 0.296 e. The zero-order valence-corrected chi connectivity index (χ0v) is 15.2. The molecule has 0 saturated heterocycles. The molecule has 0 aliphatic carbocycles. The predicted molar refractivity (Wildman–Crippen MR) is 93.8 cm³/mol. The Balaban J connectivity index is 2.54. The van der Waals surface area contributed by atoms with Crippen molar-refractivity contribution in [2.45, 2.75) is 59.4 Å². The van der Waals surface area contributed by atoms with Crippen LogP contribution in [0.5, 0.6) is 0 Å². The van der Waals surface area contributed by atoms with Gasteiger partial charge in [-0.2, -0.15) is 0 Å². The Kier molecular flexibility index (Phi) is 6.00. The summed E-state index contributed by atoms with van der Waals surface area (Å²) in [5.41, 5.74) is 3.11. The van der Waals surface area contributed by atoms with Gasteiger partial charge in [0.05, 0.1) is 11.9 Å². The van der Waals surface area contributed by atoms with Crippen LogP contribution in [0.4, 0.5) is 0 Å². The highest BCUT2D eigenvalue weighted by Crippen LogP contribution is 2.17. The molecule has 0 amide bonds. The molecule has 0 atom stereocenters. The molecule has 4 nitrogen and oxygen atoms in total. The van der Waals surface area contributed by atoms with Gasteiger partial charge in [-0.15, -0.1) is 0 Å². The number of hydrogen-bond acceptors (Lipinski definition) is 2. The number of rotatable bonds is 7. The Hall–Kier alpha value is -1.36. The minimum absolute atomic E-state index is 0.0566. The zero-order chi connectivity index (χ0) is 16.1. The van der Waals surface area contributed by atoms with E-state index in [9.17, 15) is 4.79 Å². The molecule has 0 bridgehead atoms. The van der Waals surface area contributed by atoms with Crippen molar-refractivity contribution in [3.8, 4) is 5.69 Å². The van der Waals surface area contributed by atoms with E-state index < -0.39 is 0 Å². The summed E-state index contributed by atoms with van der Waals surface area (Å²) in [5, 5.41) is 0. The summed E-state index contributed by atoms with van der Waals surface area (Å²) in [5.74, 6) is 0. The summed E-state index contributed by atoms with van der Waals surface area (Å²) in [7, 11) is 0. The first-order valence-electron chi connectivity index (χ1n) is 8.03. The average molecular weight is 366 g/mol. The van der Waals surface area contributed by atoms with E-state index in [2.05, 4.69) is 41.7 Å². The summed E-state index contributed by atoms with van der Waals surface area (Å²) < 4.78 is 4.53. The first-order valence-corrected chi connectivity index (χ1v) is 8.82. The van der Waals surface area contributed by atoms with Crippen LogP contribution in [0, 0.1) is 6.92 Å². The third kappa shape index (κ3) is 3.51. The Morgan fingerprint density at radius 2 is 1.91 bits per heavy atom. The molecule has 0 radical (unpaired) electrons. The fraction of sp³-hybridized carbons (Fsp3) is 0.529. The second kappa shape index (κ2) is 7.77. The molecule has 5 heteroatoms. The number of unbranched alkanes of at least 4 members (excludes halogenated alkanes) is 2. The molecule has 0 aliphatic heterocycles. The fourth-order valence-electron chi connectivity index (χ4n) is 2.68. The maximum absolute atomic E-state index is 12.9. The van der Waals surface area contributed by atoms with E-state index in [-0.39, 0.29) is 5.69 Å². The molecule has 120 valence electrons. The molecule has 2 rings (SSSR count). The summed E-state index contributed by atoms with van der Waals surface area (Å²) in [4.78, 5) is 17.1. The summed E-state index contributed by atoms with van der Waals surface area (Å²) >= 11 is 3.35. The Morgan fingerprint density at radius 3 is 2.50 bits per heavy atom. The number of nitrogens with zero attached hydrogens (tertiary/aromatic N) is 3. The lowest BCUT2D eigenvalue weighted by atomic mass is 10.1. The highest BCUT2D eigenvalue weighted by molar-refractivity contribution is 9.10. The van der Waals surface area contributed by atoms with Crippen LogP contribution in [-0.4, -0.2) is 14.1 Å². The molecule has 0 saturated carbocycles. The maximum Gasteiger partial charge on any atom is 0.333 e. The van der Waals surface area contributed by atoms with Gasteiger partial charge in [0.25, 0.3) is 0 Å². The van der Waals surface area contributed by atoms with Crippen LogP contribution in [0.25, 0.3) is 5.69 Å². The number of halogens is 1. The fourth-order valence-corrected chi connectivity index (χ4v) is 2.91.